The lowest BCUT2D eigenvalue weighted by molar-refractivity contribution is 0.0924. The average molecular weight is 1010 g/mol. The van der Waals surface area contributed by atoms with Gasteiger partial charge in [0.1, 0.15) is 17.7 Å². The van der Waals surface area contributed by atoms with Gasteiger partial charge in [0.15, 0.2) is 23.0 Å². The number of hydrogen-bond acceptors (Lipinski definition) is 14. The molecule has 0 radical (unpaired) electrons. The number of carbonyl (C=O) groups excluding carboxylic acids is 3. The fourth-order valence-corrected chi connectivity index (χ4v) is 9.07. The smallest absolute Gasteiger partial charge is 0.271 e. The van der Waals surface area contributed by atoms with Gasteiger partial charge < -0.3 is 46.6 Å². The predicted octanol–water partition coefficient (Wildman–Crippen LogP) is 8.58. The number of rotatable bonds is 17. The van der Waals surface area contributed by atoms with Crippen LogP contribution in [0.2, 0.25) is 0 Å². The first-order valence-electron chi connectivity index (χ1n) is 25.8. The Balaban J connectivity index is 0.000000219. The van der Waals surface area contributed by atoms with E-state index in [0.717, 1.165) is 63.2 Å². The van der Waals surface area contributed by atoms with Crippen molar-refractivity contribution in [1.82, 2.24) is 40.4 Å². The molecule has 2 fully saturated rings. The van der Waals surface area contributed by atoms with Gasteiger partial charge in [0.2, 0.25) is 0 Å². The molecule has 2 saturated heterocycles. The van der Waals surface area contributed by atoms with Crippen molar-refractivity contribution in [3.63, 3.8) is 0 Å². The van der Waals surface area contributed by atoms with E-state index in [1.54, 1.807) is 12.4 Å². The lowest BCUT2D eigenvalue weighted by Gasteiger charge is -2.34. The molecule has 17 heteroatoms. The third kappa shape index (κ3) is 15.5. The zero-order chi connectivity index (χ0) is 53.6. The molecule has 392 valence electrons. The highest BCUT2D eigenvalue weighted by molar-refractivity contribution is 5.97. The second-order valence-corrected chi connectivity index (χ2v) is 20.5. The number of benzene rings is 4. The van der Waals surface area contributed by atoms with E-state index >= 15 is 0 Å². The summed E-state index contributed by atoms with van der Waals surface area (Å²) < 4.78 is 0. The molecule has 6 N–H and O–H groups in total. The maximum Gasteiger partial charge on any atom is 0.271 e. The molecule has 4 heterocycles. The van der Waals surface area contributed by atoms with Crippen LogP contribution in [-0.2, 0) is 13.1 Å². The van der Waals surface area contributed by atoms with Crippen molar-refractivity contribution in [3.8, 4) is 6.07 Å². The second-order valence-electron chi connectivity index (χ2n) is 20.5. The lowest BCUT2D eigenvalue weighted by atomic mass is 10.0. The monoisotopic (exact) mass is 1010 g/mol. The van der Waals surface area contributed by atoms with Crippen LogP contribution in [0.1, 0.15) is 124 Å². The molecule has 0 aliphatic carbocycles. The first kappa shape index (κ1) is 54.8. The molecule has 2 aromatic heterocycles. The summed E-state index contributed by atoms with van der Waals surface area (Å²) in [5.41, 5.74) is 13.7. The summed E-state index contributed by atoms with van der Waals surface area (Å²) in [7, 11) is 8.11. The van der Waals surface area contributed by atoms with Gasteiger partial charge in [-0.15, -0.1) is 0 Å². The molecule has 2 aliphatic rings. The Hall–Kier alpha value is -7.94. The van der Waals surface area contributed by atoms with Crippen molar-refractivity contribution in [2.45, 2.75) is 90.4 Å². The number of primary amides is 1. The zero-order valence-corrected chi connectivity index (χ0v) is 44.6. The molecule has 0 unspecified atom stereocenters. The van der Waals surface area contributed by atoms with Gasteiger partial charge in [-0.25, -0.2) is 19.9 Å². The van der Waals surface area contributed by atoms with Gasteiger partial charge in [-0.05, 0) is 136 Å². The molecule has 3 amide bonds. The quantitative estimate of drug-likeness (QED) is 0.0579. The highest BCUT2D eigenvalue weighted by Crippen LogP contribution is 2.27. The van der Waals surface area contributed by atoms with Crippen LogP contribution >= 0.6 is 0 Å². The van der Waals surface area contributed by atoms with Gasteiger partial charge in [-0.1, -0.05) is 76.2 Å². The maximum atomic E-state index is 12.9. The van der Waals surface area contributed by atoms with Gasteiger partial charge in [0.25, 0.3) is 17.7 Å². The molecule has 2 atom stereocenters. The van der Waals surface area contributed by atoms with E-state index in [2.05, 4.69) is 96.7 Å². The summed E-state index contributed by atoms with van der Waals surface area (Å²) in [6.07, 6.45) is 6.81. The summed E-state index contributed by atoms with van der Waals surface area (Å²) in [5.74, 6) is 2.11. The Morgan fingerprint density at radius 2 is 1.04 bits per heavy atom. The van der Waals surface area contributed by atoms with Crippen molar-refractivity contribution in [2.24, 2.45) is 5.73 Å². The van der Waals surface area contributed by atoms with Gasteiger partial charge in [-0.3, -0.25) is 14.4 Å². The molecule has 17 nitrogen and oxygen atoms in total. The number of carbonyl (C=O) groups is 3. The average Bonchev–Trinajstić information content (AvgIpc) is 3.39. The molecule has 4 aromatic carbocycles. The summed E-state index contributed by atoms with van der Waals surface area (Å²) >= 11 is 0. The number of anilines is 6. The summed E-state index contributed by atoms with van der Waals surface area (Å²) in [5, 5.41) is 22.4. The lowest BCUT2D eigenvalue weighted by Crippen LogP contribution is -2.48. The van der Waals surface area contributed by atoms with Gasteiger partial charge in [-0.2, -0.15) is 5.26 Å². The summed E-state index contributed by atoms with van der Waals surface area (Å²) in [4.78, 5) is 64.3. The Morgan fingerprint density at radius 3 is 1.44 bits per heavy atom. The molecule has 2 aliphatic heterocycles. The standard InChI is InChI=1S/C29H37N7O2.C29H35N7O/c1-19(2)21-9-11-22(12-10-21)29(38)33-24-6-5-15-36(18-24)25-16-31-26(27(30)37)28(34-25)32-23-13-7-20(8-14-23)17-35(3)4;1-20(2)22-9-11-23(12-10-22)29(37)33-25-6-5-15-36(19-25)27-17-31-26(16-30)28(34-27)32-24-13-7-21(8-14-24)18-35(3)4/h7-14,16,19,24H,5-6,15,17-18H2,1-4H3,(H2,30,37)(H,32,34)(H,33,38);7-14,17,20,25H,5-6,15,18-19H2,1-4H3,(H,32,34)(H,33,37)/t24-;25-/m11/s1. The van der Waals surface area contributed by atoms with Crippen LogP contribution < -0.4 is 36.8 Å². The number of piperidine rings is 2. The minimum Gasteiger partial charge on any atom is -0.364 e. The molecule has 0 spiro atoms. The highest BCUT2D eigenvalue weighted by Gasteiger charge is 2.26. The van der Waals surface area contributed by atoms with Crippen LogP contribution in [0.3, 0.4) is 0 Å². The van der Waals surface area contributed by atoms with Crippen molar-refractivity contribution < 1.29 is 14.4 Å². The van der Waals surface area contributed by atoms with E-state index in [1.165, 1.54) is 22.3 Å². The fraction of sp³-hybridized carbons (Fsp3) is 0.379. The van der Waals surface area contributed by atoms with Crippen LogP contribution in [0.4, 0.5) is 34.6 Å². The maximum absolute atomic E-state index is 12.9. The van der Waals surface area contributed by atoms with E-state index in [-0.39, 0.29) is 35.3 Å². The third-order valence-electron chi connectivity index (χ3n) is 13.1. The highest BCUT2D eigenvalue weighted by atomic mass is 16.2. The predicted molar refractivity (Wildman–Crippen MR) is 298 cm³/mol. The third-order valence-corrected chi connectivity index (χ3v) is 13.1. The number of hydrogen-bond donors (Lipinski definition) is 5. The SMILES string of the molecule is CC(C)c1ccc(C(=O)N[C@@H]2CCCN(c3cnc(C#N)c(Nc4ccc(CN(C)C)cc4)n3)C2)cc1.CC(C)c1ccc(C(=O)N[C@@H]2CCCN(c3cnc(C(N)=O)c(Nc4ccc(CN(C)C)cc4)n3)C2)cc1. The van der Waals surface area contributed by atoms with E-state index in [0.29, 0.717) is 59.3 Å². The number of nitrogens with one attached hydrogen (secondary N) is 4. The Labute approximate surface area is 442 Å². The van der Waals surface area contributed by atoms with Crippen molar-refractivity contribution in [2.75, 3.05) is 74.8 Å². The molecular formula is C58H72N14O3. The van der Waals surface area contributed by atoms with E-state index in [1.807, 2.05) is 113 Å². The van der Waals surface area contributed by atoms with Crippen LogP contribution in [0.25, 0.3) is 0 Å². The van der Waals surface area contributed by atoms with Crippen molar-refractivity contribution in [3.05, 3.63) is 154 Å². The Bertz CT molecular complexity index is 2900. The number of nitrogens with two attached hydrogens (primary N) is 1. The molecular weight excluding hydrogens is 941 g/mol. The number of aromatic nitrogens is 4. The molecule has 8 rings (SSSR count). The second kappa shape index (κ2) is 25.8. The number of amides is 3. The van der Waals surface area contributed by atoms with Crippen LogP contribution in [-0.4, -0.2) is 114 Å². The molecule has 0 saturated carbocycles. The van der Waals surface area contributed by atoms with Crippen LogP contribution in [0, 0.1) is 11.3 Å². The minimum atomic E-state index is -0.650. The summed E-state index contributed by atoms with van der Waals surface area (Å²) in [6, 6.07) is 33.7. The minimum absolute atomic E-state index is 0.00381. The van der Waals surface area contributed by atoms with Gasteiger partial charge >= 0.3 is 0 Å². The van der Waals surface area contributed by atoms with Crippen molar-refractivity contribution >= 4 is 52.4 Å². The van der Waals surface area contributed by atoms with Crippen LogP contribution in [0.15, 0.2) is 109 Å². The number of nitrogens with zero attached hydrogens (tertiary/aromatic N) is 9. The largest absolute Gasteiger partial charge is 0.364 e. The van der Waals surface area contributed by atoms with E-state index < -0.39 is 5.91 Å². The molecule has 75 heavy (non-hydrogen) atoms. The van der Waals surface area contributed by atoms with E-state index in [4.69, 9.17) is 15.7 Å². The Kier molecular flexibility index (Phi) is 18.9. The normalized spacial score (nSPS) is 15.5. The number of nitriles is 1. The Morgan fingerprint density at radius 1 is 0.627 bits per heavy atom. The van der Waals surface area contributed by atoms with Gasteiger partial charge in [0.05, 0.1) is 12.4 Å². The first-order chi connectivity index (χ1) is 36.0. The topological polar surface area (TPSA) is 214 Å². The molecule has 0 bridgehead atoms. The molecule has 6 aromatic rings. The van der Waals surface area contributed by atoms with Crippen molar-refractivity contribution in [1.29, 1.82) is 5.26 Å². The van der Waals surface area contributed by atoms with Gasteiger partial charge in [0, 0.05) is 73.9 Å². The first-order valence-corrected chi connectivity index (χ1v) is 25.8. The fourth-order valence-electron chi connectivity index (χ4n) is 9.07. The summed E-state index contributed by atoms with van der Waals surface area (Å²) in [6.45, 7) is 13.1. The van der Waals surface area contributed by atoms with E-state index in [9.17, 15) is 19.6 Å². The van der Waals surface area contributed by atoms with Crippen LogP contribution in [0.5, 0.6) is 0 Å². The zero-order valence-electron chi connectivity index (χ0n) is 44.6.